The molecule has 0 bridgehead atoms. The van der Waals surface area contributed by atoms with Crippen LogP contribution in [-0.2, 0) is 22.7 Å². The molecule has 8 heteroatoms. The molecule has 3 N–H and O–H groups in total. The van der Waals surface area contributed by atoms with E-state index < -0.39 is 23.8 Å². The van der Waals surface area contributed by atoms with E-state index >= 15 is 0 Å². The molecule has 0 aliphatic carbocycles. The lowest BCUT2D eigenvalue weighted by Crippen LogP contribution is -2.54. The molecule has 4 amide bonds. The molecule has 2 aliphatic rings. The van der Waals surface area contributed by atoms with E-state index in [9.17, 15) is 19.2 Å². The summed E-state index contributed by atoms with van der Waals surface area (Å²) in [5, 5.41) is 8.60. The van der Waals surface area contributed by atoms with E-state index in [4.69, 9.17) is 0 Å². The predicted octanol–water partition coefficient (Wildman–Crippen LogP) is 1.42. The van der Waals surface area contributed by atoms with Crippen LogP contribution in [-0.4, -0.2) is 41.6 Å². The minimum absolute atomic E-state index is 0.105. The van der Waals surface area contributed by atoms with Crippen LogP contribution in [0.1, 0.15) is 44.7 Å². The number of hydrogen-bond donors (Lipinski definition) is 3. The van der Waals surface area contributed by atoms with Gasteiger partial charge in [-0.15, -0.1) is 0 Å². The number of carbonyl (C=O) groups is 4. The van der Waals surface area contributed by atoms with Crippen molar-refractivity contribution in [3.05, 3.63) is 64.7 Å². The number of nitrogens with one attached hydrogen (secondary N) is 3. The second-order valence-electron chi connectivity index (χ2n) is 7.38. The summed E-state index contributed by atoms with van der Waals surface area (Å²) in [5.74, 6) is -1.98. The van der Waals surface area contributed by atoms with Crippen LogP contribution in [0.3, 0.4) is 0 Å². The third-order valence-corrected chi connectivity index (χ3v) is 5.41. The number of fused-ring (bicyclic) bond motifs is 1. The fraction of sp³-hybridized carbons (Fsp3) is 0.273. The van der Waals surface area contributed by atoms with Crippen molar-refractivity contribution in [2.75, 3.05) is 12.4 Å². The highest BCUT2D eigenvalue weighted by molar-refractivity contribution is 6.23. The Morgan fingerprint density at radius 1 is 0.933 bits per heavy atom. The Balaban J connectivity index is 1.43. The Labute approximate surface area is 173 Å². The molecule has 1 saturated heterocycles. The molecular formula is C22H22N4O4. The van der Waals surface area contributed by atoms with Crippen LogP contribution in [0.5, 0.6) is 0 Å². The molecule has 1 atom stereocenters. The number of piperidine rings is 1. The first-order valence-corrected chi connectivity index (χ1v) is 9.80. The van der Waals surface area contributed by atoms with E-state index in [1.165, 1.54) is 0 Å². The van der Waals surface area contributed by atoms with Crippen LogP contribution in [0.2, 0.25) is 0 Å². The number of nitrogens with zero attached hydrogens (tertiary/aromatic N) is 1. The molecule has 2 aliphatic heterocycles. The minimum atomic E-state index is -0.947. The van der Waals surface area contributed by atoms with Crippen molar-refractivity contribution in [2.45, 2.75) is 32.0 Å². The van der Waals surface area contributed by atoms with Gasteiger partial charge in [-0.05, 0) is 41.8 Å². The van der Waals surface area contributed by atoms with Crippen molar-refractivity contribution >= 4 is 29.3 Å². The summed E-state index contributed by atoms with van der Waals surface area (Å²) in [7, 11) is 1.87. The van der Waals surface area contributed by atoms with Gasteiger partial charge in [-0.1, -0.05) is 18.2 Å². The molecule has 0 radical (unpaired) electrons. The van der Waals surface area contributed by atoms with Gasteiger partial charge >= 0.3 is 0 Å². The molecule has 0 saturated carbocycles. The normalized spacial score (nSPS) is 18.4. The lowest BCUT2D eigenvalue weighted by atomic mass is 10.0. The molecule has 154 valence electrons. The van der Waals surface area contributed by atoms with Gasteiger partial charge in [0.1, 0.15) is 6.04 Å². The second-order valence-corrected chi connectivity index (χ2v) is 7.38. The highest BCUT2D eigenvalue weighted by Gasteiger charge is 2.44. The molecule has 2 aromatic rings. The Bertz CT molecular complexity index is 1030. The van der Waals surface area contributed by atoms with Crippen LogP contribution in [0.15, 0.2) is 42.5 Å². The predicted molar refractivity (Wildman–Crippen MR) is 110 cm³/mol. The zero-order valence-electron chi connectivity index (χ0n) is 16.5. The molecule has 2 aromatic carbocycles. The molecule has 0 aromatic heterocycles. The Morgan fingerprint density at radius 2 is 1.60 bits per heavy atom. The largest absolute Gasteiger partial charge is 0.388 e. The lowest BCUT2D eigenvalue weighted by molar-refractivity contribution is -0.136. The Morgan fingerprint density at radius 3 is 2.30 bits per heavy atom. The summed E-state index contributed by atoms with van der Waals surface area (Å²) in [6, 6.07) is 12.2. The van der Waals surface area contributed by atoms with E-state index in [-0.39, 0.29) is 24.3 Å². The summed E-state index contributed by atoms with van der Waals surface area (Å²) >= 11 is 0. The van der Waals surface area contributed by atoms with Crippen LogP contribution in [0.4, 0.5) is 5.69 Å². The molecule has 0 spiro atoms. The molecular weight excluding hydrogens is 384 g/mol. The van der Waals surface area contributed by atoms with E-state index in [1.54, 1.807) is 18.2 Å². The summed E-state index contributed by atoms with van der Waals surface area (Å²) in [5.41, 5.74) is 3.62. The quantitative estimate of drug-likeness (QED) is 0.627. The van der Waals surface area contributed by atoms with E-state index in [1.807, 2.05) is 31.3 Å². The van der Waals surface area contributed by atoms with Gasteiger partial charge in [0.05, 0.1) is 11.1 Å². The van der Waals surface area contributed by atoms with Crippen LogP contribution < -0.4 is 16.0 Å². The standard InChI is InChI=1S/C22H22N4O4/c1-23-15-5-2-13(3-6-15)11-24-12-14-4-7-16-17(10-14)22(30)26(21(16)29)18-8-9-19(27)25-20(18)28/h2-7,10,18,23-24H,8-9,11-12H2,1H3,(H,25,27,28). The second kappa shape index (κ2) is 8.08. The van der Waals surface area contributed by atoms with Crippen LogP contribution in [0.25, 0.3) is 0 Å². The van der Waals surface area contributed by atoms with Gasteiger partial charge in [-0.3, -0.25) is 29.4 Å². The average molecular weight is 406 g/mol. The first-order chi connectivity index (χ1) is 14.5. The highest BCUT2D eigenvalue weighted by atomic mass is 16.2. The van der Waals surface area contributed by atoms with E-state index in [0.29, 0.717) is 18.7 Å². The summed E-state index contributed by atoms with van der Waals surface area (Å²) in [4.78, 5) is 50.0. The van der Waals surface area contributed by atoms with Crippen molar-refractivity contribution in [2.24, 2.45) is 0 Å². The van der Waals surface area contributed by atoms with Gasteiger partial charge in [-0.25, -0.2) is 0 Å². The maximum atomic E-state index is 12.9. The fourth-order valence-electron chi connectivity index (χ4n) is 3.77. The smallest absolute Gasteiger partial charge is 0.262 e. The van der Waals surface area contributed by atoms with Crippen molar-refractivity contribution < 1.29 is 19.2 Å². The SMILES string of the molecule is CNc1ccc(CNCc2ccc3c(c2)C(=O)N(C2CCC(=O)NC2=O)C3=O)cc1. The van der Waals surface area contributed by atoms with Crippen molar-refractivity contribution in [1.82, 2.24) is 15.5 Å². The summed E-state index contributed by atoms with van der Waals surface area (Å²) in [6.45, 7) is 1.19. The minimum Gasteiger partial charge on any atom is -0.388 e. The topological polar surface area (TPSA) is 108 Å². The maximum absolute atomic E-state index is 12.9. The van der Waals surface area contributed by atoms with Gasteiger partial charge in [0.15, 0.2) is 0 Å². The van der Waals surface area contributed by atoms with E-state index in [2.05, 4.69) is 16.0 Å². The average Bonchev–Trinajstić information content (AvgIpc) is 2.99. The highest BCUT2D eigenvalue weighted by Crippen LogP contribution is 2.28. The molecule has 2 heterocycles. The van der Waals surface area contributed by atoms with Gasteiger partial charge in [0.2, 0.25) is 11.8 Å². The number of carbonyl (C=O) groups excluding carboxylic acids is 4. The lowest BCUT2D eigenvalue weighted by Gasteiger charge is -2.27. The van der Waals surface area contributed by atoms with Crippen molar-refractivity contribution in [1.29, 1.82) is 0 Å². The Kier molecular flexibility index (Phi) is 5.33. The van der Waals surface area contributed by atoms with Gasteiger partial charge in [-0.2, -0.15) is 0 Å². The zero-order valence-corrected chi connectivity index (χ0v) is 16.5. The summed E-state index contributed by atoms with van der Waals surface area (Å²) in [6.07, 6.45) is 0.255. The number of benzene rings is 2. The first kappa shape index (κ1) is 19.8. The first-order valence-electron chi connectivity index (χ1n) is 9.80. The maximum Gasteiger partial charge on any atom is 0.262 e. The molecule has 1 unspecified atom stereocenters. The molecule has 8 nitrogen and oxygen atoms in total. The number of amides is 4. The number of rotatable bonds is 6. The van der Waals surface area contributed by atoms with Crippen LogP contribution >= 0.6 is 0 Å². The number of imide groups is 2. The van der Waals surface area contributed by atoms with Gasteiger partial charge in [0, 0.05) is 32.2 Å². The van der Waals surface area contributed by atoms with Gasteiger partial charge in [0.25, 0.3) is 11.8 Å². The monoisotopic (exact) mass is 406 g/mol. The van der Waals surface area contributed by atoms with Crippen molar-refractivity contribution in [3.63, 3.8) is 0 Å². The van der Waals surface area contributed by atoms with Gasteiger partial charge < -0.3 is 10.6 Å². The third kappa shape index (κ3) is 3.69. The third-order valence-electron chi connectivity index (χ3n) is 5.41. The van der Waals surface area contributed by atoms with Crippen molar-refractivity contribution in [3.8, 4) is 0 Å². The molecule has 4 rings (SSSR count). The van der Waals surface area contributed by atoms with E-state index in [0.717, 1.165) is 21.7 Å². The fourth-order valence-corrected chi connectivity index (χ4v) is 3.77. The Hall–Kier alpha value is -3.52. The molecule has 30 heavy (non-hydrogen) atoms. The number of anilines is 1. The van der Waals surface area contributed by atoms with Crippen LogP contribution in [0, 0.1) is 0 Å². The zero-order chi connectivity index (χ0) is 21.3. The summed E-state index contributed by atoms with van der Waals surface area (Å²) < 4.78 is 0. The number of hydrogen-bond acceptors (Lipinski definition) is 6. The molecule has 1 fully saturated rings.